The molecule has 1 fully saturated rings. The molecule has 0 aliphatic carbocycles. The van der Waals surface area contributed by atoms with Crippen LogP contribution < -0.4 is 11.3 Å². The summed E-state index contributed by atoms with van der Waals surface area (Å²) < 4.78 is 0. The largest absolute Gasteiger partial charge is 0.393 e. The molecule has 0 spiro atoms. The first kappa shape index (κ1) is 13.7. The van der Waals surface area contributed by atoms with Crippen LogP contribution in [0.5, 0.6) is 0 Å². The van der Waals surface area contributed by atoms with Gasteiger partial charge in [0.25, 0.3) is 5.91 Å². The summed E-state index contributed by atoms with van der Waals surface area (Å²) in [5.41, 5.74) is 2.68. The molecule has 1 aromatic heterocycles. The Hall–Kier alpha value is -1.73. The van der Waals surface area contributed by atoms with Crippen LogP contribution in [0.15, 0.2) is 12.4 Å². The van der Waals surface area contributed by atoms with Gasteiger partial charge in [0, 0.05) is 13.1 Å². The van der Waals surface area contributed by atoms with Gasteiger partial charge in [-0.3, -0.25) is 4.79 Å². The molecule has 1 aromatic rings. The van der Waals surface area contributed by atoms with Gasteiger partial charge in [-0.1, -0.05) is 0 Å². The minimum atomic E-state index is -0.313. The number of nitrogen functional groups attached to an aromatic ring is 1. The highest BCUT2D eigenvalue weighted by Crippen LogP contribution is 2.21. The number of rotatable bonds is 3. The Morgan fingerprint density at radius 2 is 2.16 bits per heavy atom. The average molecular weight is 265 g/mol. The normalized spacial score (nSPS) is 18.2. The fraction of sp³-hybridized carbons (Fsp3) is 0.583. The van der Waals surface area contributed by atoms with Crippen molar-refractivity contribution in [3.63, 3.8) is 0 Å². The summed E-state index contributed by atoms with van der Waals surface area (Å²) in [5.74, 6) is 5.76. The Bertz CT molecular complexity index is 426. The van der Waals surface area contributed by atoms with E-state index in [1.54, 1.807) is 11.8 Å². The Morgan fingerprint density at radius 1 is 1.47 bits per heavy atom. The Balaban J connectivity index is 1.97. The molecule has 1 aliphatic heterocycles. The number of nitrogens with zero attached hydrogens (tertiary/aromatic N) is 3. The summed E-state index contributed by atoms with van der Waals surface area (Å²) in [6.07, 6.45) is 4.17. The minimum Gasteiger partial charge on any atom is -0.393 e. The van der Waals surface area contributed by atoms with Gasteiger partial charge in [-0.2, -0.15) is 0 Å². The first-order valence-electron chi connectivity index (χ1n) is 6.38. The lowest BCUT2D eigenvalue weighted by molar-refractivity contribution is 0.0516. The van der Waals surface area contributed by atoms with E-state index in [0.717, 1.165) is 12.8 Å². The lowest BCUT2D eigenvalue weighted by Gasteiger charge is -2.33. The van der Waals surface area contributed by atoms with Crippen molar-refractivity contribution < 1.29 is 9.90 Å². The van der Waals surface area contributed by atoms with Crippen molar-refractivity contribution in [3.8, 4) is 0 Å². The number of aromatic nitrogens is 2. The van der Waals surface area contributed by atoms with Gasteiger partial charge < -0.3 is 15.4 Å². The Kier molecular flexibility index (Phi) is 4.28. The molecule has 19 heavy (non-hydrogen) atoms. The number of aliphatic hydroxyl groups is 1. The van der Waals surface area contributed by atoms with Crippen LogP contribution in [0.2, 0.25) is 0 Å². The monoisotopic (exact) mass is 265 g/mol. The number of nitrogens with one attached hydrogen (secondary N) is 1. The van der Waals surface area contributed by atoms with Crippen molar-refractivity contribution in [1.82, 2.24) is 14.9 Å². The highest BCUT2D eigenvalue weighted by Gasteiger charge is 2.26. The zero-order valence-corrected chi connectivity index (χ0v) is 10.9. The Labute approximate surface area is 111 Å². The molecule has 4 N–H and O–H groups in total. The molecule has 104 valence electrons. The molecular weight excluding hydrogens is 246 g/mol. The van der Waals surface area contributed by atoms with Crippen molar-refractivity contribution >= 4 is 11.7 Å². The van der Waals surface area contributed by atoms with Crippen molar-refractivity contribution in [2.45, 2.75) is 25.9 Å². The molecule has 2 heterocycles. The molecule has 0 aromatic carbocycles. The third-order valence-corrected chi connectivity index (χ3v) is 3.53. The third-order valence-electron chi connectivity index (χ3n) is 3.53. The number of piperidine rings is 1. The number of aliphatic hydroxyl groups excluding tert-OH is 1. The van der Waals surface area contributed by atoms with Gasteiger partial charge in [0.2, 0.25) is 0 Å². The molecule has 1 aliphatic rings. The maximum absolute atomic E-state index is 12.2. The maximum Gasteiger partial charge on any atom is 0.274 e. The minimum absolute atomic E-state index is 0.125. The maximum atomic E-state index is 12.2. The summed E-state index contributed by atoms with van der Waals surface area (Å²) >= 11 is 0. The quantitative estimate of drug-likeness (QED) is 0.524. The van der Waals surface area contributed by atoms with Gasteiger partial charge in [0.15, 0.2) is 5.82 Å². The first-order valence-corrected chi connectivity index (χ1v) is 6.38. The summed E-state index contributed by atoms with van der Waals surface area (Å²) in [6.45, 7) is 3.09. The van der Waals surface area contributed by atoms with E-state index < -0.39 is 0 Å². The van der Waals surface area contributed by atoms with Crippen LogP contribution in [-0.2, 0) is 0 Å². The van der Waals surface area contributed by atoms with Gasteiger partial charge in [0.05, 0.1) is 18.5 Å². The van der Waals surface area contributed by atoms with Crippen LogP contribution in [0.4, 0.5) is 5.82 Å². The average Bonchev–Trinajstić information content (AvgIpc) is 2.46. The lowest BCUT2D eigenvalue weighted by atomic mass is 9.92. The number of anilines is 1. The van der Waals surface area contributed by atoms with Crippen LogP contribution in [0, 0.1) is 5.92 Å². The predicted molar refractivity (Wildman–Crippen MR) is 70.2 cm³/mol. The van der Waals surface area contributed by atoms with Crippen molar-refractivity contribution in [3.05, 3.63) is 18.1 Å². The van der Waals surface area contributed by atoms with Crippen LogP contribution in [0.1, 0.15) is 30.3 Å². The van der Waals surface area contributed by atoms with E-state index in [1.807, 2.05) is 0 Å². The number of hydrogen-bond donors (Lipinski definition) is 3. The van der Waals surface area contributed by atoms with Gasteiger partial charge in [-0.25, -0.2) is 15.8 Å². The van der Waals surface area contributed by atoms with Crippen molar-refractivity contribution in [1.29, 1.82) is 0 Å². The van der Waals surface area contributed by atoms with Crippen LogP contribution in [-0.4, -0.2) is 45.1 Å². The molecule has 7 heteroatoms. The second kappa shape index (κ2) is 5.94. The molecular formula is C12H19N5O2. The SMILES string of the molecule is CC(O)C1CCN(C(=O)c2cnc(NN)cn2)CC1. The fourth-order valence-corrected chi connectivity index (χ4v) is 2.26. The second-order valence-electron chi connectivity index (χ2n) is 4.80. The van der Waals surface area contributed by atoms with E-state index in [-0.39, 0.29) is 17.9 Å². The van der Waals surface area contributed by atoms with Gasteiger partial charge in [0.1, 0.15) is 5.69 Å². The molecule has 1 atom stereocenters. The standard InChI is InChI=1S/C12H19N5O2/c1-8(18)9-2-4-17(5-3-9)12(19)10-6-15-11(16-13)7-14-10/h6-9,18H,2-5,13H2,1H3,(H,15,16). The predicted octanol–water partition coefficient (Wildman–Crippen LogP) is -0.00480. The smallest absolute Gasteiger partial charge is 0.274 e. The molecule has 1 unspecified atom stereocenters. The zero-order chi connectivity index (χ0) is 13.8. The van der Waals surface area contributed by atoms with E-state index >= 15 is 0 Å². The zero-order valence-electron chi connectivity index (χ0n) is 10.9. The van der Waals surface area contributed by atoms with Crippen molar-refractivity contribution in [2.24, 2.45) is 11.8 Å². The molecule has 7 nitrogen and oxygen atoms in total. The fourth-order valence-electron chi connectivity index (χ4n) is 2.26. The highest BCUT2D eigenvalue weighted by molar-refractivity contribution is 5.92. The van der Waals surface area contributed by atoms with E-state index in [2.05, 4.69) is 15.4 Å². The topological polar surface area (TPSA) is 104 Å². The number of nitrogens with two attached hydrogens (primary N) is 1. The van der Waals surface area contributed by atoms with E-state index in [1.165, 1.54) is 12.4 Å². The number of amides is 1. The van der Waals surface area contributed by atoms with Crippen LogP contribution in [0.3, 0.4) is 0 Å². The number of carbonyl (C=O) groups excluding carboxylic acids is 1. The van der Waals surface area contributed by atoms with E-state index in [4.69, 9.17) is 5.84 Å². The lowest BCUT2D eigenvalue weighted by Crippen LogP contribution is -2.41. The van der Waals surface area contributed by atoms with E-state index in [0.29, 0.717) is 24.6 Å². The van der Waals surface area contributed by atoms with Gasteiger partial charge in [-0.05, 0) is 25.7 Å². The number of hydrazine groups is 1. The molecule has 0 radical (unpaired) electrons. The number of likely N-dealkylation sites (tertiary alicyclic amines) is 1. The number of hydrogen-bond acceptors (Lipinski definition) is 6. The molecule has 1 saturated heterocycles. The molecule has 1 amide bonds. The number of carbonyl (C=O) groups is 1. The summed E-state index contributed by atoms with van der Waals surface area (Å²) in [7, 11) is 0. The van der Waals surface area contributed by atoms with Crippen LogP contribution >= 0.6 is 0 Å². The van der Waals surface area contributed by atoms with Gasteiger partial charge >= 0.3 is 0 Å². The third kappa shape index (κ3) is 3.18. The summed E-state index contributed by atoms with van der Waals surface area (Å²) in [5, 5.41) is 9.53. The van der Waals surface area contributed by atoms with E-state index in [9.17, 15) is 9.90 Å². The van der Waals surface area contributed by atoms with Crippen molar-refractivity contribution in [2.75, 3.05) is 18.5 Å². The summed E-state index contributed by atoms with van der Waals surface area (Å²) in [6, 6.07) is 0. The van der Waals surface area contributed by atoms with Crippen LogP contribution in [0.25, 0.3) is 0 Å². The highest BCUT2D eigenvalue weighted by atomic mass is 16.3. The second-order valence-corrected chi connectivity index (χ2v) is 4.80. The van der Waals surface area contributed by atoms with Gasteiger partial charge in [-0.15, -0.1) is 0 Å². The molecule has 0 bridgehead atoms. The first-order chi connectivity index (χ1) is 9.11. The Morgan fingerprint density at radius 3 is 2.63 bits per heavy atom. The molecule has 2 rings (SSSR count). The summed E-state index contributed by atoms with van der Waals surface area (Å²) in [4.78, 5) is 21.9. The molecule has 0 saturated carbocycles.